The summed E-state index contributed by atoms with van der Waals surface area (Å²) >= 11 is 0. The van der Waals surface area contributed by atoms with Crippen molar-refractivity contribution >= 4 is 27.9 Å². The van der Waals surface area contributed by atoms with Crippen molar-refractivity contribution in [2.45, 2.75) is 32.6 Å². The molecule has 2 atom stereocenters. The zero-order valence-electron chi connectivity index (χ0n) is 16.8. The van der Waals surface area contributed by atoms with Crippen molar-refractivity contribution in [1.82, 2.24) is 24.8 Å². The summed E-state index contributed by atoms with van der Waals surface area (Å²) in [4.78, 5) is 17.4. The number of benzene rings is 1. The van der Waals surface area contributed by atoms with E-state index in [0.29, 0.717) is 24.6 Å². The van der Waals surface area contributed by atoms with Crippen LogP contribution in [-0.4, -0.2) is 60.8 Å². The van der Waals surface area contributed by atoms with E-state index < -0.39 is 12.2 Å². The quantitative estimate of drug-likeness (QED) is 0.341. The molecule has 8 nitrogen and oxygen atoms in total. The van der Waals surface area contributed by atoms with Gasteiger partial charge in [0.05, 0.1) is 17.7 Å². The molecule has 6 N–H and O–H groups in total. The van der Waals surface area contributed by atoms with Crippen molar-refractivity contribution in [2.24, 2.45) is 0 Å². The number of hydrogen-bond donors (Lipinski definition) is 5. The number of nitrogen functional groups attached to an aromatic ring is 1. The summed E-state index contributed by atoms with van der Waals surface area (Å²) in [5.74, 6) is 1.22. The van der Waals surface area contributed by atoms with Crippen LogP contribution in [0.3, 0.4) is 0 Å². The monoisotopic (exact) mass is 394 g/mol. The minimum Gasteiger partial charge on any atom is -0.391 e. The number of rotatable bonds is 6. The number of aryl methyl sites for hydroxylation is 1. The zero-order chi connectivity index (χ0) is 20.7. The van der Waals surface area contributed by atoms with Crippen LogP contribution in [0.25, 0.3) is 33.3 Å². The fraction of sp³-hybridized carbons (Fsp3) is 0.333. The fourth-order valence-electron chi connectivity index (χ4n) is 3.61. The first-order valence-corrected chi connectivity index (χ1v) is 9.59. The van der Waals surface area contributed by atoms with Gasteiger partial charge >= 0.3 is 0 Å². The van der Waals surface area contributed by atoms with Crippen LogP contribution >= 0.6 is 0 Å². The Morgan fingerprint density at radius 1 is 1.14 bits per heavy atom. The first kappa shape index (κ1) is 19.4. The maximum Gasteiger partial charge on any atom is 0.180 e. The Morgan fingerprint density at radius 2 is 1.93 bits per heavy atom. The van der Waals surface area contributed by atoms with Crippen LogP contribution in [0, 0.1) is 6.92 Å². The highest BCUT2D eigenvalue weighted by Gasteiger charge is 2.15. The van der Waals surface area contributed by atoms with Gasteiger partial charge in [-0.15, -0.1) is 0 Å². The van der Waals surface area contributed by atoms with Gasteiger partial charge in [-0.05, 0) is 50.7 Å². The second kappa shape index (κ2) is 7.47. The number of nitrogens with zero attached hydrogens (tertiary/aromatic N) is 3. The lowest BCUT2D eigenvalue weighted by Crippen LogP contribution is -2.35. The summed E-state index contributed by atoms with van der Waals surface area (Å²) in [7, 11) is 1.93. The van der Waals surface area contributed by atoms with Gasteiger partial charge in [0, 0.05) is 35.2 Å². The van der Waals surface area contributed by atoms with Crippen molar-refractivity contribution in [1.29, 1.82) is 0 Å². The molecule has 0 amide bonds. The molecule has 0 aliphatic carbocycles. The molecule has 4 rings (SSSR count). The molecule has 3 aromatic heterocycles. The van der Waals surface area contributed by atoms with Crippen LogP contribution in [0.4, 0.5) is 5.82 Å². The van der Waals surface area contributed by atoms with Gasteiger partial charge in [-0.2, -0.15) is 0 Å². The molecule has 0 aliphatic rings. The molecule has 0 radical (unpaired) electrons. The van der Waals surface area contributed by atoms with Gasteiger partial charge < -0.3 is 25.9 Å². The van der Waals surface area contributed by atoms with Gasteiger partial charge in [0.1, 0.15) is 11.6 Å². The summed E-state index contributed by atoms with van der Waals surface area (Å²) in [5, 5.41) is 20.4. The molecule has 1 aromatic carbocycles. The molecule has 0 spiro atoms. The van der Waals surface area contributed by atoms with E-state index in [1.54, 1.807) is 6.92 Å². The lowest BCUT2D eigenvalue weighted by atomic mass is 10.1. The lowest BCUT2D eigenvalue weighted by Gasteiger charge is -2.22. The number of aliphatic hydroxyl groups excluding tert-OH is 2. The van der Waals surface area contributed by atoms with Gasteiger partial charge in [-0.25, -0.2) is 9.97 Å². The van der Waals surface area contributed by atoms with Crippen LogP contribution < -0.4 is 5.73 Å². The van der Waals surface area contributed by atoms with Crippen LogP contribution in [0.1, 0.15) is 18.3 Å². The maximum absolute atomic E-state index is 9.87. The van der Waals surface area contributed by atoms with Crippen molar-refractivity contribution < 1.29 is 10.2 Å². The van der Waals surface area contributed by atoms with Crippen molar-refractivity contribution in [2.75, 3.05) is 19.3 Å². The van der Waals surface area contributed by atoms with Crippen molar-refractivity contribution in [3.05, 3.63) is 41.7 Å². The Hall–Kier alpha value is -2.94. The van der Waals surface area contributed by atoms with Crippen molar-refractivity contribution in [3.63, 3.8) is 0 Å². The van der Waals surface area contributed by atoms with E-state index in [1.165, 1.54) is 0 Å². The smallest absolute Gasteiger partial charge is 0.180 e. The normalized spacial score (nSPS) is 14.1. The van der Waals surface area contributed by atoms with E-state index in [4.69, 9.17) is 5.73 Å². The Labute approximate surface area is 168 Å². The Morgan fingerprint density at radius 3 is 2.69 bits per heavy atom. The fourth-order valence-corrected chi connectivity index (χ4v) is 3.61. The Kier molecular flexibility index (Phi) is 4.99. The minimum absolute atomic E-state index is 0.404. The van der Waals surface area contributed by atoms with Crippen LogP contribution in [0.2, 0.25) is 0 Å². The number of hydrogen-bond acceptors (Lipinski definition) is 6. The summed E-state index contributed by atoms with van der Waals surface area (Å²) in [6, 6.07) is 10.2. The molecule has 4 aromatic rings. The number of nitrogens with two attached hydrogens (primary N) is 1. The number of imidazole rings is 1. The highest BCUT2D eigenvalue weighted by molar-refractivity contribution is 5.95. The number of fused-ring (bicyclic) bond motifs is 2. The number of H-pyrrole nitrogens is 2. The van der Waals surface area contributed by atoms with E-state index in [-0.39, 0.29) is 0 Å². The third-order valence-corrected chi connectivity index (χ3v) is 5.08. The number of aromatic amines is 2. The SMILES string of the molecule is Cc1nc2nc(N)cc(-c3cc4cc(CN(C)CC(O)[C@H](C)O)ccc4[nH]3)c2[nH]1. The highest BCUT2D eigenvalue weighted by atomic mass is 16.3. The number of aromatic nitrogens is 4. The minimum atomic E-state index is -0.764. The molecule has 1 unspecified atom stereocenters. The molecule has 0 fully saturated rings. The number of aliphatic hydroxyl groups is 2. The second-order valence-electron chi connectivity index (χ2n) is 7.72. The van der Waals surface area contributed by atoms with Gasteiger partial charge in [0.25, 0.3) is 0 Å². The van der Waals surface area contributed by atoms with E-state index in [2.05, 4.69) is 38.1 Å². The molecule has 0 saturated carbocycles. The number of anilines is 1. The topological polar surface area (TPSA) is 127 Å². The van der Waals surface area contributed by atoms with E-state index in [0.717, 1.165) is 39.1 Å². The summed E-state index contributed by atoms with van der Waals surface area (Å²) < 4.78 is 0. The van der Waals surface area contributed by atoms with Gasteiger partial charge in [0.15, 0.2) is 5.65 Å². The van der Waals surface area contributed by atoms with E-state index in [9.17, 15) is 10.2 Å². The molecule has 3 heterocycles. The average Bonchev–Trinajstić information content (AvgIpc) is 3.22. The van der Waals surface area contributed by atoms with Crippen LogP contribution in [0.5, 0.6) is 0 Å². The Balaban J connectivity index is 1.64. The molecular weight excluding hydrogens is 368 g/mol. The number of nitrogens with one attached hydrogen (secondary N) is 2. The summed E-state index contributed by atoms with van der Waals surface area (Å²) in [6.45, 7) is 4.56. The van der Waals surface area contributed by atoms with Crippen LogP contribution in [0.15, 0.2) is 30.3 Å². The second-order valence-corrected chi connectivity index (χ2v) is 7.72. The van der Waals surface area contributed by atoms with Gasteiger partial charge in [0.2, 0.25) is 0 Å². The molecule has 152 valence electrons. The largest absolute Gasteiger partial charge is 0.391 e. The molecule has 8 heteroatoms. The highest BCUT2D eigenvalue weighted by Crippen LogP contribution is 2.30. The zero-order valence-corrected chi connectivity index (χ0v) is 16.8. The standard InChI is InChI=1S/C21H26N6O2/c1-11(28)18(29)10-27(3)9-13-4-5-16-14(6-13)7-17(25-16)15-8-19(22)26-21-20(15)23-12(2)24-21/h4-8,11,18,25,28-29H,9-10H2,1-3H3,(H3,22,23,24,26)/t11-,18?/m0/s1. The predicted octanol–water partition coefficient (Wildman–Crippen LogP) is 2.17. The summed E-state index contributed by atoms with van der Waals surface area (Å²) in [6.07, 6.45) is -1.51. The first-order chi connectivity index (χ1) is 13.8. The maximum atomic E-state index is 9.87. The number of likely N-dealkylation sites (N-methyl/N-ethyl adjacent to an activating group) is 1. The third kappa shape index (κ3) is 3.95. The molecule has 0 aliphatic heterocycles. The molecule has 0 saturated heterocycles. The Bertz CT molecular complexity index is 1160. The van der Waals surface area contributed by atoms with Gasteiger partial charge in [-0.1, -0.05) is 6.07 Å². The summed E-state index contributed by atoms with van der Waals surface area (Å²) in [5.41, 5.74) is 11.5. The van der Waals surface area contributed by atoms with Crippen LogP contribution in [-0.2, 0) is 6.54 Å². The first-order valence-electron chi connectivity index (χ1n) is 9.59. The lowest BCUT2D eigenvalue weighted by molar-refractivity contribution is 0.0111. The van der Waals surface area contributed by atoms with Crippen molar-refractivity contribution in [3.8, 4) is 11.3 Å². The molecule has 0 bridgehead atoms. The van der Waals surface area contributed by atoms with E-state index in [1.807, 2.05) is 31.0 Å². The predicted molar refractivity (Wildman–Crippen MR) is 114 cm³/mol. The molecular formula is C21H26N6O2. The third-order valence-electron chi connectivity index (χ3n) is 5.08. The van der Waals surface area contributed by atoms with E-state index >= 15 is 0 Å². The van der Waals surface area contributed by atoms with Gasteiger partial charge in [-0.3, -0.25) is 4.90 Å². The average molecular weight is 394 g/mol. The number of pyridine rings is 1. The molecule has 29 heavy (non-hydrogen) atoms.